The van der Waals surface area contributed by atoms with Crippen LogP contribution in [0.5, 0.6) is 11.5 Å². The number of nitrogens with one attached hydrogen (secondary N) is 1. The lowest BCUT2D eigenvalue weighted by Crippen LogP contribution is -2.43. The zero-order chi connectivity index (χ0) is 21.1. The Hall–Kier alpha value is -3.47. The Morgan fingerprint density at radius 1 is 1.00 bits per heavy atom. The Bertz CT molecular complexity index is 1050. The lowest BCUT2D eigenvalue weighted by molar-refractivity contribution is 0.194. The molecule has 1 heterocycles. The number of rotatable bonds is 4. The third kappa shape index (κ3) is 3.83. The number of aryl methyl sites for hydroxylation is 1. The fourth-order valence-electron chi connectivity index (χ4n) is 3.98. The lowest BCUT2D eigenvalue weighted by Gasteiger charge is -2.37. The third-order valence-electron chi connectivity index (χ3n) is 5.59. The number of methoxy groups -OCH3 is 2. The third-order valence-corrected chi connectivity index (χ3v) is 5.59. The molecule has 0 radical (unpaired) electrons. The smallest absolute Gasteiger partial charge is 0.322 e. The second-order valence-corrected chi connectivity index (χ2v) is 7.45. The number of carbonyl (C=O) groups is 1. The largest absolute Gasteiger partial charge is 0.497 e. The molecule has 5 heteroatoms. The van der Waals surface area contributed by atoms with Crippen LogP contribution in [0, 0.1) is 6.92 Å². The van der Waals surface area contributed by atoms with Crippen LogP contribution in [0.25, 0.3) is 0 Å². The van der Waals surface area contributed by atoms with Crippen molar-refractivity contribution in [2.45, 2.75) is 19.4 Å². The molecule has 1 aliphatic heterocycles. The summed E-state index contributed by atoms with van der Waals surface area (Å²) >= 11 is 0. The fraction of sp³-hybridized carbons (Fsp3) is 0.240. The van der Waals surface area contributed by atoms with Crippen LogP contribution in [0.15, 0.2) is 66.7 Å². The standard InChI is InChI=1S/C25H26N2O3/c1-17-8-10-19(11-9-17)24-21-7-5-4-6-18(21)14-15-27(24)25(28)26-22-13-12-20(29-2)16-23(22)30-3/h4-13,16,24H,14-15H2,1-3H3,(H,26,28). The quantitative estimate of drug-likeness (QED) is 0.653. The first-order chi connectivity index (χ1) is 14.6. The van der Waals surface area contributed by atoms with E-state index in [1.807, 2.05) is 11.0 Å². The number of ether oxygens (including phenoxy) is 2. The Morgan fingerprint density at radius 2 is 1.77 bits per heavy atom. The molecule has 1 aliphatic rings. The Morgan fingerprint density at radius 3 is 2.50 bits per heavy atom. The summed E-state index contributed by atoms with van der Waals surface area (Å²) in [4.78, 5) is 15.3. The molecule has 3 aromatic rings. The monoisotopic (exact) mass is 402 g/mol. The second kappa shape index (κ2) is 8.49. The van der Waals surface area contributed by atoms with Gasteiger partial charge in [-0.2, -0.15) is 0 Å². The first kappa shape index (κ1) is 19.8. The zero-order valence-corrected chi connectivity index (χ0v) is 17.5. The van der Waals surface area contributed by atoms with E-state index in [1.165, 1.54) is 16.7 Å². The van der Waals surface area contributed by atoms with Crippen LogP contribution < -0.4 is 14.8 Å². The number of hydrogen-bond acceptors (Lipinski definition) is 3. The minimum atomic E-state index is -0.154. The predicted octanol–water partition coefficient (Wildman–Crippen LogP) is 5.19. The topological polar surface area (TPSA) is 50.8 Å². The van der Waals surface area contributed by atoms with Gasteiger partial charge in [0.1, 0.15) is 11.5 Å². The maximum atomic E-state index is 13.4. The molecule has 30 heavy (non-hydrogen) atoms. The van der Waals surface area contributed by atoms with E-state index >= 15 is 0 Å². The number of urea groups is 1. The molecule has 1 unspecified atom stereocenters. The molecule has 0 aliphatic carbocycles. The molecule has 1 atom stereocenters. The number of anilines is 1. The Kier molecular flexibility index (Phi) is 5.61. The Balaban J connectivity index is 1.68. The van der Waals surface area contributed by atoms with Gasteiger partial charge >= 0.3 is 6.03 Å². The van der Waals surface area contributed by atoms with Crippen LogP contribution in [-0.4, -0.2) is 31.7 Å². The highest BCUT2D eigenvalue weighted by molar-refractivity contribution is 5.92. The molecule has 0 bridgehead atoms. The lowest BCUT2D eigenvalue weighted by atomic mass is 9.88. The molecule has 0 saturated carbocycles. The first-order valence-corrected chi connectivity index (χ1v) is 10.0. The fourth-order valence-corrected chi connectivity index (χ4v) is 3.98. The van der Waals surface area contributed by atoms with Gasteiger partial charge in [-0.25, -0.2) is 4.79 Å². The van der Waals surface area contributed by atoms with E-state index in [4.69, 9.17) is 9.47 Å². The molecule has 2 amide bonds. The average Bonchev–Trinajstić information content (AvgIpc) is 2.79. The van der Waals surface area contributed by atoms with Crippen molar-refractivity contribution in [2.24, 2.45) is 0 Å². The van der Waals surface area contributed by atoms with Crippen molar-refractivity contribution in [2.75, 3.05) is 26.1 Å². The summed E-state index contributed by atoms with van der Waals surface area (Å²) in [6.07, 6.45) is 0.825. The summed E-state index contributed by atoms with van der Waals surface area (Å²) in [5.41, 5.74) is 5.37. The summed E-state index contributed by atoms with van der Waals surface area (Å²) < 4.78 is 10.7. The highest BCUT2D eigenvalue weighted by atomic mass is 16.5. The number of carbonyl (C=O) groups excluding carboxylic acids is 1. The molecule has 4 rings (SSSR count). The van der Waals surface area contributed by atoms with Gasteiger partial charge in [0.15, 0.2) is 0 Å². The van der Waals surface area contributed by atoms with Crippen molar-refractivity contribution >= 4 is 11.7 Å². The zero-order valence-electron chi connectivity index (χ0n) is 17.5. The summed E-state index contributed by atoms with van der Waals surface area (Å²) in [7, 11) is 3.18. The highest BCUT2D eigenvalue weighted by Gasteiger charge is 2.32. The van der Waals surface area contributed by atoms with Gasteiger partial charge in [0, 0.05) is 12.6 Å². The minimum Gasteiger partial charge on any atom is -0.497 e. The predicted molar refractivity (Wildman–Crippen MR) is 118 cm³/mol. The number of hydrogen-bond donors (Lipinski definition) is 1. The van der Waals surface area contributed by atoms with Crippen molar-refractivity contribution in [1.82, 2.24) is 4.90 Å². The van der Waals surface area contributed by atoms with Crippen LogP contribution in [0.2, 0.25) is 0 Å². The van der Waals surface area contributed by atoms with Crippen LogP contribution in [-0.2, 0) is 6.42 Å². The van der Waals surface area contributed by atoms with Crippen LogP contribution in [0.1, 0.15) is 28.3 Å². The summed E-state index contributed by atoms with van der Waals surface area (Å²) in [5.74, 6) is 1.24. The van der Waals surface area contributed by atoms with Gasteiger partial charge in [-0.15, -0.1) is 0 Å². The van der Waals surface area contributed by atoms with Gasteiger partial charge in [0.2, 0.25) is 0 Å². The summed E-state index contributed by atoms with van der Waals surface area (Å²) in [6, 6.07) is 21.8. The van der Waals surface area contributed by atoms with Gasteiger partial charge in [-0.05, 0) is 42.2 Å². The van der Waals surface area contributed by atoms with E-state index in [9.17, 15) is 4.79 Å². The second-order valence-electron chi connectivity index (χ2n) is 7.45. The van der Waals surface area contributed by atoms with Crippen molar-refractivity contribution in [1.29, 1.82) is 0 Å². The molecule has 0 fully saturated rings. The van der Waals surface area contributed by atoms with Gasteiger partial charge < -0.3 is 19.7 Å². The number of nitrogens with zero attached hydrogens (tertiary/aromatic N) is 1. The maximum absolute atomic E-state index is 13.4. The first-order valence-electron chi connectivity index (χ1n) is 10.0. The van der Waals surface area contributed by atoms with Gasteiger partial charge in [0.25, 0.3) is 0 Å². The van der Waals surface area contributed by atoms with E-state index in [0.717, 1.165) is 12.0 Å². The number of benzene rings is 3. The SMILES string of the molecule is COc1ccc(NC(=O)N2CCc3ccccc3C2c2ccc(C)cc2)c(OC)c1. The molecule has 3 aromatic carbocycles. The molecular weight excluding hydrogens is 376 g/mol. The van der Waals surface area contributed by atoms with Crippen molar-refractivity contribution in [3.8, 4) is 11.5 Å². The molecule has 1 N–H and O–H groups in total. The maximum Gasteiger partial charge on any atom is 0.322 e. The highest BCUT2D eigenvalue weighted by Crippen LogP contribution is 2.36. The van der Waals surface area contributed by atoms with Crippen LogP contribution in [0.3, 0.4) is 0 Å². The molecule has 0 spiro atoms. The van der Waals surface area contributed by atoms with E-state index in [-0.39, 0.29) is 12.1 Å². The van der Waals surface area contributed by atoms with Gasteiger partial charge in [0.05, 0.1) is 25.9 Å². The van der Waals surface area contributed by atoms with Crippen molar-refractivity contribution in [3.63, 3.8) is 0 Å². The van der Waals surface area contributed by atoms with Crippen molar-refractivity contribution in [3.05, 3.63) is 89.0 Å². The molecule has 5 nitrogen and oxygen atoms in total. The Labute approximate surface area is 177 Å². The van der Waals surface area contributed by atoms with E-state index in [0.29, 0.717) is 23.7 Å². The average molecular weight is 402 g/mol. The number of fused-ring (bicyclic) bond motifs is 1. The van der Waals surface area contributed by atoms with E-state index < -0.39 is 0 Å². The van der Waals surface area contributed by atoms with Gasteiger partial charge in [-0.3, -0.25) is 0 Å². The van der Waals surface area contributed by atoms with E-state index in [1.54, 1.807) is 32.4 Å². The van der Waals surface area contributed by atoms with Crippen LogP contribution >= 0.6 is 0 Å². The summed E-state index contributed by atoms with van der Waals surface area (Å²) in [5, 5.41) is 3.03. The molecule has 154 valence electrons. The van der Waals surface area contributed by atoms with E-state index in [2.05, 4.69) is 54.7 Å². The molecule has 0 saturated heterocycles. The summed E-state index contributed by atoms with van der Waals surface area (Å²) in [6.45, 7) is 2.71. The van der Waals surface area contributed by atoms with Gasteiger partial charge in [-0.1, -0.05) is 54.1 Å². The molecule has 0 aromatic heterocycles. The minimum absolute atomic E-state index is 0.139. The number of amides is 2. The molecular formula is C25H26N2O3. The van der Waals surface area contributed by atoms with Crippen LogP contribution in [0.4, 0.5) is 10.5 Å². The normalized spacial score (nSPS) is 15.3. The van der Waals surface area contributed by atoms with Crippen molar-refractivity contribution < 1.29 is 14.3 Å².